The summed E-state index contributed by atoms with van der Waals surface area (Å²) in [4.78, 5) is 2.57. The van der Waals surface area contributed by atoms with E-state index in [2.05, 4.69) is 25.7 Å². The lowest BCUT2D eigenvalue weighted by Gasteiger charge is -2.38. The van der Waals surface area contributed by atoms with Gasteiger partial charge < -0.3 is 4.90 Å². The molecule has 0 aromatic rings. The minimum absolute atomic E-state index is 0.346. The van der Waals surface area contributed by atoms with Gasteiger partial charge in [-0.2, -0.15) is 0 Å². The van der Waals surface area contributed by atoms with Gasteiger partial charge in [0.25, 0.3) is 0 Å². The van der Waals surface area contributed by atoms with E-state index in [1.807, 2.05) is 0 Å². The monoisotopic (exact) mass is 288 g/mol. The van der Waals surface area contributed by atoms with Crippen LogP contribution in [0.25, 0.3) is 0 Å². The Morgan fingerprint density at radius 1 is 1.05 bits per heavy atom. The molecule has 2 rings (SSSR count). The third kappa shape index (κ3) is 3.92. The Hall–Kier alpha value is -0.130. The maximum absolute atomic E-state index is 11.6. The number of hydrogen-bond acceptors (Lipinski definition) is 3. The second kappa shape index (κ2) is 5.01. The van der Waals surface area contributed by atoms with Crippen LogP contribution in [-0.2, 0) is 10.0 Å². The van der Waals surface area contributed by atoms with E-state index >= 15 is 0 Å². The van der Waals surface area contributed by atoms with Crippen LogP contribution in [0.5, 0.6) is 0 Å². The summed E-state index contributed by atoms with van der Waals surface area (Å²) in [5.74, 6) is 0. The molecule has 19 heavy (non-hydrogen) atoms. The van der Waals surface area contributed by atoms with Crippen molar-refractivity contribution in [3.05, 3.63) is 0 Å². The van der Waals surface area contributed by atoms with Crippen LogP contribution in [0.3, 0.4) is 0 Å². The average molecular weight is 288 g/mol. The molecule has 0 bridgehead atoms. The summed E-state index contributed by atoms with van der Waals surface area (Å²) in [6.07, 6.45) is 4.62. The van der Waals surface area contributed by atoms with Crippen LogP contribution in [0.1, 0.15) is 40.0 Å². The quantitative estimate of drug-likeness (QED) is 0.778. The zero-order valence-corrected chi connectivity index (χ0v) is 13.6. The summed E-state index contributed by atoms with van der Waals surface area (Å²) >= 11 is 0. The molecule has 0 aromatic heterocycles. The number of rotatable bonds is 2. The molecular formula is C14H28N2O2S. The zero-order valence-electron chi connectivity index (χ0n) is 12.8. The fourth-order valence-electron chi connectivity index (χ4n) is 3.53. The van der Waals surface area contributed by atoms with E-state index in [4.69, 9.17) is 0 Å². The summed E-state index contributed by atoms with van der Waals surface area (Å²) in [5.41, 5.74) is 0.728. The van der Waals surface area contributed by atoms with Gasteiger partial charge in [-0.25, -0.2) is 12.7 Å². The molecule has 2 fully saturated rings. The minimum atomic E-state index is -2.99. The molecule has 0 unspecified atom stereocenters. The van der Waals surface area contributed by atoms with Crippen LogP contribution in [0.15, 0.2) is 0 Å². The second-order valence-corrected chi connectivity index (χ2v) is 9.67. The van der Waals surface area contributed by atoms with Crippen LogP contribution in [-0.4, -0.2) is 56.6 Å². The standard InChI is InChI=1S/C14H28N2O2S/c1-13(2,3)11-15-8-5-14(12-15)6-9-16(10-7-14)19(4,17)18/h5-12H2,1-4H3. The lowest BCUT2D eigenvalue weighted by molar-refractivity contribution is 0.142. The van der Waals surface area contributed by atoms with Crippen LogP contribution in [0.4, 0.5) is 0 Å². The van der Waals surface area contributed by atoms with Gasteiger partial charge >= 0.3 is 0 Å². The summed E-state index contributed by atoms with van der Waals surface area (Å²) in [7, 11) is -2.99. The van der Waals surface area contributed by atoms with Crippen LogP contribution in [0, 0.1) is 10.8 Å². The molecule has 2 saturated heterocycles. The van der Waals surface area contributed by atoms with Crippen LogP contribution < -0.4 is 0 Å². The average Bonchev–Trinajstić information content (AvgIpc) is 2.58. The van der Waals surface area contributed by atoms with Crippen molar-refractivity contribution in [3.8, 4) is 0 Å². The van der Waals surface area contributed by atoms with Gasteiger partial charge in [-0.15, -0.1) is 0 Å². The SMILES string of the molecule is CC(C)(C)CN1CCC2(CCN(S(C)(=O)=O)CC2)C1. The largest absolute Gasteiger partial charge is 0.302 e. The van der Waals surface area contributed by atoms with Gasteiger partial charge in [-0.3, -0.25) is 0 Å². The van der Waals surface area contributed by atoms with Crippen molar-refractivity contribution in [3.63, 3.8) is 0 Å². The molecule has 0 N–H and O–H groups in total. The first kappa shape index (κ1) is 15.3. The van der Waals surface area contributed by atoms with Crippen molar-refractivity contribution in [2.75, 3.05) is 39.0 Å². The predicted molar refractivity (Wildman–Crippen MR) is 78.6 cm³/mol. The van der Waals surface area contributed by atoms with Gasteiger partial charge in [0.1, 0.15) is 0 Å². The fraction of sp³-hybridized carbons (Fsp3) is 1.00. The lowest BCUT2D eigenvalue weighted by atomic mass is 9.78. The first-order valence-electron chi connectivity index (χ1n) is 7.27. The van der Waals surface area contributed by atoms with Crippen molar-refractivity contribution < 1.29 is 8.42 Å². The molecule has 0 aliphatic carbocycles. The van der Waals surface area contributed by atoms with E-state index in [1.54, 1.807) is 4.31 Å². The van der Waals surface area contributed by atoms with Gasteiger partial charge in [0, 0.05) is 26.2 Å². The molecule has 0 amide bonds. The minimum Gasteiger partial charge on any atom is -0.302 e. The molecule has 2 aliphatic rings. The van der Waals surface area contributed by atoms with E-state index in [0.29, 0.717) is 23.9 Å². The number of nitrogens with zero attached hydrogens (tertiary/aromatic N) is 2. The van der Waals surface area contributed by atoms with Gasteiger partial charge in [-0.05, 0) is 36.6 Å². The molecule has 1 spiro atoms. The Balaban J connectivity index is 1.91. The summed E-state index contributed by atoms with van der Waals surface area (Å²) < 4.78 is 24.8. The van der Waals surface area contributed by atoms with Crippen LogP contribution in [0.2, 0.25) is 0 Å². The second-order valence-electron chi connectivity index (χ2n) is 7.68. The van der Waals surface area contributed by atoms with E-state index in [-0.39, 0.29) is 0 Å². The highest BCUT2D eigenvalue weighted by Crippen LogP contribution is 2.41. The molecule has 2 aliphatic heterocycles. The fourth-order valence-corrected chi connectivity index (χ4v) is 4.38. The van der Waals surface area contributed by atoms with Gasteiger partial charge in [-0.1, -0.05) is 20.8 Å². The number of piperidine rings is 1. The molecule has 0 atom stereocenters. The highest BCUT2D eigenvalue weighted by Gasteiger charge is 2.42. The predicted octanol–water partition coefficient (Wildman–Crippen LogP) is 1.78. The van der Waals surface area contributed by atoms with E-state index in [9.17, 15) is 8.42 Å². The van der Waals surface area contributed by atoms with Crippen LogP contribution >= 0.6 is 0 Å². The van der Waals surface area contributed by atoms with Gasteiger partial charge in [0.2, 0.25) is 10.0 Å². The molecule has 4 nitrogen and oxygen atoms in total. The Kier molecular flexibility index (Phi) is 4.02. The molecule has 0 aromatic carbocycles. The van der Waals surface area contributed by atoms with Gasteiger partial charge in [0.05, 0.1) is 6.26 Å². The first-order chi connectivity index (χ1) is 8.60. The van der Waals surface area contributed by atoms with E-state index in [1.165, 1.54) is 19.2 Å². The Morgan fingerprint density at radius 2 is 1.58 bits per heavy atom. The van der Waals surface area contributed by atoms with Crippen molar-refractivity contribution in [2.24, 2.45) is 10.8 Å². The molecule has 112 valence electrons. The summed E-state index contributed by atoms with van der Waals surface area (Å²) in [6.45, 7) is 11.7. The van der Waals surface area contributed by atoms with Crippen molar-refractivity contribution in [2.45, 2.75) is 40.0 Å². The van der Waals surface area contributed by atoms with E-state index < -0.39 is 10.0 Å². The first-order valence-corrected chi connectivity index (χ1v) is 9.12. The molecule has 2 heterocycles. The Morgan fingerprint density at radius 3 is 2.05 bits per heavy atom. The highest BCUT2D eigenvalue weighted by molar-refractivity contribution is 7.88. The third-order valence-electron chi connectivity index (χ3n) is 4.47. The summed E-state index contributed by atoms with van der Waals surface area (Å²) in [5, 5.41) is 0. The van der Waals surface area contributed by atoms with Crippen molar-refractivity contribution in [1.82, 2.24) is 9.21 Å². The zero-order chi connectivity index (χ0) is 14.3. The summed E-state index contributed by atoms with van der Waals surface area (Å²) in [6, 6.07) is 0. The normalized spacial score (nSPS) is 26.1. The molecular weight excluding hydrogens is 260 g/mol. The van der Waals surface area contributed by atoms with Gasteiger partial charge in [0.15, 0.2) is 0 Å². The van der Waals surface area contributed by atoms with E-state index in [0.717, 1.165) is 25.9 Å². The van der Waals surface area contributed by atoms with Crippen molar-refractivity contribution >= 4 is 10.0 Å². The topological polar surface area (TPSA) is 40.6 Å². The number of likely N-dealkylation sites (tertiary alicyclic amines) is 1. The smallest absolute Gasteiger partial charge is 0.211 e. The highest BCUT2D eigenvalue weighted by atomic mass is 32.2. The van der Waals surface area contributed by atoms with Crippen molar-refractivity contribution in [1.29, 1.82) is 0 Å². The maximum Gasteiger partial charge on any atom is 0.211 e. The Labute approximate surface area is 118 Å². The molecule has 0 saturated carbocycles. The maximum atomic E-state index is 11.6. The third-order valence-corrected chi connectivity index (χ3v) is 5.77. The number of hydrogen-bond donors (Lipinski definition) is 0. The Bertz CT molecular complexity index is 417. The lowest BCUT2D eigenvalue weighted by Crippen LogP contribution is -2.44. The number of sulfonamides is 1. The molecule has 0 radical (unpaired) electrons. The molecule has 5 heteroatoms.